The molecule has 0 aliphatic rings. The van der Waals surface area contributed by atoms with Gasteiger partial charge in [-0.1, -0.05) is 35.5 Å². The Kier molecular flexibility index (Phi) is 6.57. The van der Waals surface area contributed by atoms with Crippen molar-refractivity contribution in [2.24, 2.45) is 0 Å². The number of carbonyl (C=O) groups excluding carboxylic acids is 1. The minimum Gasteiger partial charge on any atom is -0.342 e. The van der Waals surface area contributed by atoms with E-state index >= 15 is 0 Å². The van der Waals surface area contributed by atoms with Crippen LogP contribution in [0.4, 0.5) is 0 Å². The second kappa shape index (κ2) is 9.54. The number of nitrogens with zero attached hydrogens (tertiary/aromatic N) is 4. The molecule has 2 N–H and O–H groups in total. The Morgan fingerprint density at radius 1 is 1.19 bits per heavy atom. The number of H-pyrrole nitrogens is 1. The lowest BCUT2D eigenvalue weighted by atomic mass is 10.2. The van der Waals surface area contributed by atoms with Crippen LogP contribution in [0.2, 0.25) is 5.02 Å². The van der Waals surface area contributed by atoms with E-state index in [1.165, 1.54) is 11.8 Å². The highest BCUT2D eigenvalue weighted by atomic mass is 35.5. The Morgan fingerprint density at radius 3 is 2.69 bits per heavy atom. The predicted octanol–water partition coefficient (Wildman–Crippen LogP) is 3.97. The molecule has 2 aromatic heterocycles. The summed E-state index contributed by atoms with van der Waals surface area (Å²) in [6.07, 6.45) is 0. The highest BCUT2D eigenvalue weighted by Crippen LogP contribution is 2.23. The number of halogens is 1. The summed E-state index contributed by atoms with van der Waals surface area (Å²) in [7, 11) is 0. The van der Waals surface area contributed by atoms with E-state index in [9.17, 15) is 9.59 Å². The van der Waals surface area contributed by atoms with Crippen LogP contribution in [0, 0.1) is 0 Å². The number of thioether (sulfide) groups is 1. The minimum atomic E-state index is -0.349. The fourth-order valence-electron chi connectivity index (χ4n) is 3.31. The molecule has 2 aromatic carbocycles. The normalized spacial score (nSPS) is 12.1. The van der Waals surface area contributed by atoms with Crippen molar-refractivity contribution in [1.29, 1.82) is 0 Å². The van der Waals surface area contributed by atoms with Crippen molar-refractivity contribution in [3.63, 3.8) is 0 Å². The van der Waals surface area contributed by atoms with Crippen molar-refractivity contribution < 1.29 is 4.79 Å². The molecule has 1 amide bonds. The van der Waals surface area contributed by atoms with Crippen LogP contribution in [0.25, 0.3) is 10.9 Å². The summed E-state index contributed by atoms with van der Waals surface area (Å²) in [5.74, 6) is 1.43. The second-order valence-corrected chi connectivity index (χ2v) is 8.48. The Hall–Kier alpha value is -3.17. The van der Waals surface area contributed by atoms with Crippen LogP contribution >= 0.6 is 23.4 Å². The van der Waals surface area contributed by atoms with Crippen LogP contribution in [0.3, 0.4) is 0 Å². The number of hydrogen-bond acceptors (Lipinski definition) is 6. The summed E-state index contributed by atoms with van der Waals surface area (Å²) in [6, 6.07) is 13.6. The number of amides is 1. The number of nitrogens with one attached hydrogen (secondary N) is 2. The Labute approximate surface area is 193 Å². The van der Waals surface area contributed by atoms with Crippen molar-refractivity contribution >= 4 is 40.2 Å². The molecule has 0 aliphatic heterocycles. The van der Waals surface area contributed by atoms with Gasteiger partial charge in [0.15, 0.2) is 11.0 Å². The van der Waals surface area contributed by atoms with Gasteiger partial charge in [-0.25, -0.2) is 4.98 Å². The zero-order chi connectivity index (χ0) is 22.7. The molecule has 1 atom stereocenters. The highest BCUT2D eigenvalue weighted by molar-refractivity contribution is 7.98. The van der Waals surface area contributed by atoms with Crippen molar-refractivity contribution in [2.75, 3.05) is 0 Å². The fourth-order valence-corrected chi connectivity index (χ4v) is 4.31. The first-order chi connectivity index (χ1) is 15.5. The molecule has 32 heavy (non-hydrogen) atoms. The summed E-state index contributed by atoms with van der Waals surface area (Å²) in [6.45, 7) is 4.48. The average Bonchev–Trinajstić information content (AvgIpc) is 3.21. The lowest BCUT2D eigenvalue weighted by molar-refractivity contribution is 0.0937. The smallest absolute Gasteiger partial charge is 0.258 e. The van der Waals surface area contributed by atoms with Gasteiger partial charge in [0.05, 0.1) is 22.7 Å². The molecular formula is C22H21ClN6O2S. The van der Waals surface area contributed by atoms with Crippen LogP contribution in [-0.4, -0.2) is 30.6 Å². The number of carbonyl (C=O) groups is 1. The van der Waals surface area contributed by atoms with Gasteiger partial charge in [-0.2, -0.15) is 0 Å². The van der Waals surface area contributed by atoms with Gasteiger partial charge in [0.2, 0.25) is 0 Å². The third-order valence-electron chi connectivity index (χ3n) is 4.90. The predicted molar refractivity (Wildman–Crippen MR) is 125 cm³/mol. The number of hydrogen-bond donors (Lipinski definition) is 2. The average molecular weight is 469 g/mol. The lowest BCUT2D eigenvalue weighted by Crippen LogP contribution is -2.28. The van der Waals surface area contributed by atoms with Gasteiger partial charge >= 0.3 is 0 Å². The first kappa shape index (κ1) is 22.0. The quantitative estimate of drug-likeness (QED) is 0.397. The number of aromatic nitrogens is 5. The number of rotatable bonds is 7. The number of aromatic amines is 1. The number of para-hydroxylation sites is 1. The fraction of sp³-hybridized carbons (Fsp3) is 0.227. The molecule has 4 aromatic rings. The molecule has 0 saturated carbocycles. The van der Waals surface area contributed by atoms with Gasteiger partial charge in [0.25, 0.3) is 11.5 Å². The molecule has 0 fully saturated rings. The lowest BCUT2D eigenvalue weighted by Gasteiger charge is -2.15. The monoisotopic (exact) mass is 468 g/mol. The molecule has 1 unspecified atom stereocenters. The molecule has 8 nitrogen and oxygen atoms in total. The van der Waals surface area contributed by atoms with Gasteiger partial charge in [-0.15, -0.1) is 10.2 Å². The van der Waals surface area contributed by atoms with Crippen LogP contribution in [0.1, 0.15) is 41.9 Å². The van der Waals surface area contributed by atoms with Crippen molar-refractivity contribution in [1.82, 2.24) is 30.0 Å². The molecule has 164 valence electrons. The molecule has 2 heterocycles. The molecule has 10 heteroatoms. The van der Waals surface area contributed by atoms with Crippen molar-refractivity contribution in [3.8, 4) is 0 Å². The molecule has 4 rings (SSSR count). The standard InChI is InChI=1S/C22H21ClN6O2S/c1-3-29-19(13(2)24-20(30)14-8-10-15(23)11-9-14)27-28-22(29)32-12-18-25-17-7-5-4-6-16(17)21(31)26-18/h4-11,13H,3,12H2,1-2H3,(H,24,30)(H,25,26,31). The summed E-state index contributed by atoms with van der Waals surface area (Å²) < 4.78 is 1.94. The van der Waals surface area contributed by atoms with E-state index in [0.717, 1.165) is 0 Å². The van der Waals surface area contributed by atoms with Crippen LogP contribution in [0.15, 0.2) is 58.5 Å². The second-order valence-electron chi connectivity index (χ2n) is 7.11. The van der Waals surface area contributed by atoms with Gasteiger partial charge in [-0.3, -0.25) is 9.59 Å². The topological polar surface area (TPSA) is 106 Å². The molecular weight excluding hydrogens is 448 g/mol. The molecule has 0 bridgehead atoms. The van der Waals surface area contributed by atoms with Crippen molar-refractivity contribution in [3.05, 3.63) is 81.1 Å². The van der Waals surface area contributed by atoms with E-state index in [4.69, 9.17) is 11.6 Å². The van der Waals surface area contributed by atoms with Crippen LogP contribution < -0.4 is 10.9 Å². The van der Waals surface area contributed by atoms with Crippen LogP contribution in [-0.2, 0) is 12.3 Å². The summed E-state index contributed by atoms with van der Waals surface area (Å²) in [5.41, 5.74) is 1.01. The SMILES string of the molecule is CCn1c(SCc2nc3ccccc3c(=O)[nH]2)nnc1C(C)NC(=O)c1ccc(Cl)cc1. The maximum absolute atomic E-state index is 12.5. The Bertz CT molecular complexity index is 1320. The summed E-state index contributed by atoms with van der Waals surface area (Å²) in [4.78, 5) is 32.2. The van der Waals surface area contributed by atoms with Crippen molar-refractivity contribution in [2.45, 2.75) is 37.3 Å². The van der Waals surface area contributed by atoms with Gasteiger partial charge in [-0.05, 0) is 50.2 Å². The Balaban J connectivity index is 1.48. The van der Waals surface area contributed by atoms with E-state index in [1.54, 1.807) is 30.3 Å². The third kappa shape index (κ3) is 4.68. The van der Waals surface area contributed by atoms with Gasteiger partial charge < -0.3 is 14.9 Å². The number of benzene rings is 2. The first-order valence-electron chi connectivity index (χ1n) is 10.1. The van der Waals surface area contributed by atoms with Gasteiger partial charge in [0.1, 0.15) is 5.82 Å². The highest BCUT2D eigenvalue weighted by Gasteiger charge is 2.20. The maximum Gasteiger partial charge on any atom is 0.258 e. The number of fused-ring (bicyclic) bond motifs is 1. The van der Waals surface area contributed by atoms with E-state index in [0.29, 0.717) is 50.6 Å². The zero-order valence-corrected chi connectivity index (χ0v) is 19.1. The zero-order valence-electron chi connectivity index (χ0n) is 17.5. The van der Waals surface area contributed by atoms with Gasteiger partial charge in [0, 0.05) is 17.1 Å². The molecule has 0 radical (unpaired) electrons. The van der Waals surface area contributed by atoms with E-state index in [1.807, 2.05) is 36.6 Å². The van der Waals surface area contributed by atoms with E-state index in [-0.39, 0.29) is 17.5 Å². The van der Waals surface area contributed by atoms with Crippen LogP contribution in [0.5, 0.6) is 0 Å². The summed E-state index contributed by atoms with van der Waals surface area (Å²) in [5, 5.41) is 13.3. The molecule has 0 aliphatic carbocycles. The third-order valence-corrected chi connectivity index (χ3v) is 6.13. The van der Waals surface area contributed by atoms with E-state index in [2.05, 4.69) is 25.5 Å². The minimum absolute atomic E-state index is 0.164. The molecule has 0 saturated heterocycles. The largest absolute Gasteiger partial charge is 0.342 e. The first-order valence-corrected chi connectivity index (χ1v) is 11.4. The Morgan fingerprint density at radius 2 is 1.94 bits per heavy atom. The maximum atomic E-state index is 12.5. The molecule has 0 spiro atoms. The summed E-state index contributed by atoms with van der Waals surface area (Å²) >= 11 is 7.32. The van der Waals surface area contributed by atoms with E-state index < -0.39 is 0 Å².